The van der Waals surface area contributed by atoms with E-state index in [-0.39, 0.29) is 11.0 Å². The lowest BCUT2D eigenvalue weighted by Gasteiger charge is -2.11. The van der Waals surface area contributed by atoms with Crippen molar-refractivity contribution in [2.75, 3.05) is 5.32 Å². The number of nitrogens with zero attached hydrogens (tertiary/aromatic N) is 1. The molecule has 7 heteroatoms. The van der Waals surface area contributed by atoms with Crippen molar-refractivity contribution in [3.63, 3.8) is 0 Å². The van der Waals surface area contributed by atoms with Gasteiger partial charge in [-0.25, -0.2) is 4.98 Å². The van der Waals surface area contributed by atoms with E-state index < -0.39 is 0 Å². The number of nitrogens with one attached hydrogen (secondary N) is 2. The molecular weight excluding hydrogens is 482 g/mol. The van der Waals surface area contributed by atoms with Crippen LogP contribution in [0.2, 0.25) is 0 Å². The third kappa shape index (κ3) is 6.02. The van der Waals surface area contributed by atoms with Crippen LogP contribution in [0.15, 0.2) is 101 Å². The van der Waals surface area contributed by atoms with Crippen LogP contribution >= 0.6 is 12.2 Å². The molecule has 0 aliphatic heterocycles. The first-order valence-electron chi connectivity index (χ1n) is 12.0. The topological polar surface area (TPSA) is 76.4 Å². The summed E-state index contributed by atoms with van der Waals surface area (Å²) in [6.07, 6.45) is 0.936. The van der Waals surface area contributed by atoms with Gasteiger partial charge in [0.05, 0.1) is 0 Å². The second kappa shape index (κ2) is 11.1. The summed E-state index contributed by atoms with van der Waals surface area (Å²) in [5.41, 5.74) is 5.77. The molecule has 0 aliphatic rings. The van der Waals surface area contributed by atoms with E-state index in [9.17, 15) is 4.79 Å². The number of rotatable bonds is 7. The first-order valence-corrected chi connectivity index (χ1v) is 12.4. The van der Waals surface area contributed by atoms with Crippen LogP contribution in [0.5, 0.6) is 5.75 Å². The second-order valence-corrected chi connectivity index (χ2v) is 8.87. The molecular formula is C30H25N3O3S. The molecule has 5 rings (SSSR count). The predicted molar refractivity (Wildman–Crippen MR) is 150 cm³/mol. The summed E-state index contributed by atoms with van der Waals surface area (Å²) in [5.74, 6) is 0.797. The van der Waals surface area contributed by atoms with Crippen LogP contribution in [-0.2, 0) is 13.0 Å². The van der Waals surface area contributed by atoms with Crippen molar-refractivity contribution in [1.29, 1.82) is 0 Å². The molecule has 0 saturated heterocycles. The Morgan fingerprint density at radius 1 is 0.919 bits per heavy atom. The fraction of sp³-hybridized carbons (Fsp3) is 0.100. The van der Waals surface area contributed by atoms with Crippen LogP contribution in [0.1, 0.15) is 28.4 Å². The third-order valence-electron chi connectivity index (χ3n) is 5.80. The summed E-state index contributed by atoms with van der Waals surface area (Å²) in [6, 6.07) is 30.4. The van der Waals surface area contributed by atoms with E-state index in [1.807, 2.05) is 78.9 Å². The van der Waals surface area contributed by atoms with Gasteiger partial charge in [0, 0.05) is 16.8 Å². The van der Waals surface area contributed by atoms with Crippen molar-refractivity contribution < 1.29 is 13.9 Å². The number of carbonyl (C=O) groups is 1. The van der Waals surface area contributed by atoms with E-state index in [0.717, 1.165) is 28.6 Å². The van der Waals surface area contributed by atoms with Crippen LogP contribution in [-0.4, -0.2) is 16.0 Å². The number of anilines is 1. The number of oxazole rings is 1. The molecule has 0 saturated carbocycles. The lowest BCUT2D eigenvalue weighted by atomic mass is 10.1. The molecule has 0 atom stereocenters. The Kier molecular flexibility index (Phi) is 7.23. The highest BCUT2D eigenvalue weighted by molar-refractivity contribution is 7.80. The third-order valence-corrected chi connectivity index (χ3v) is 6.00. The maximum Gasteiger partial charge on any atom is 0.257 e. The molecule has 2 N–H and O–H groups in total. The van der Waals surface area contributed by atoms with Crippen molar-refractivity contribution in [3.05, 3.63) is 114 Å². The predicted octanol–water partition coefficient (Wildman–Crippen LogP) is 6.76. The average molecular weight is 508 g/mol. The molecule has 1 amide bonds. The zero-order valence-corrected chi connectivity index (χ0v) is 21.0. The Balaban J connectivity index is 1.22. The number of hydrogen-bond acceptors (Lipinski definition) is 5. The average Bonchev–Trinajstić information content (AvgIpc) is 3.36. The van der Waals surface area contributed by atoms with Crippen molar-refractivity contribution in [3.8, 4) is 17.2 Å². The Labute approximate surface area is 220 Å². The molecule has 184 valence electrons. The minimum absolute atomic E-state index is 0.183. The first-order chi connectivity index (χ1) is 18.1. The molecule has 0 radical (unpaired) electrons. The number of aryl methyl sites for hydroxylation is 1. The van der Waals surface area contributed by atoms with Gasteiger partial charge in [0.25, 0.3) is 5.91 Å². The second-order valence-electron chi connectivity index (χ2n) is 8.47. The van der Waals surface area contributed by atoms with Gasteiger partial charge in [0.2, 0.25) is 5.89 Å². The number of hydrogen-bond donors (Lipinski definition) is 2. The number of thiocarbonyl (C=S) groups is 1. The normalized spacial score (nSPS) is 10.7. The van der Waals surface area contributed by atoms with Gasteiger partial charge in [-0.3, -0.25) is 10.1 Å². The maximum absolute atomic E-state index is 12.8. The highest BCUT2D eigenvalue weighted by Gasteiger charge is 2.12. The molecule has 6 nitrogen and oxygen atoms in total. The van der Waals surface area contributed by atoms with Gasteiger partial charge < -0.3 is 14.5 Å². The quantitative estimate of drug-likeness (QED) is 0.237. The van der Waals surface area contributed by atoms with Crippen molar-refractivity contribution in [2.24, 2.45) is 0 Å². The van der Waals surface area contributed by atoms with Crippen LogP contribution in [0, 0.1) is 0 Å². The molecule has 0 aliphatic carbocycles. The van der Waals surface area contributed by atoms with Gasteiger partial charge in [-0.2, -0.15) is 0 Å². The molecule has 37 heavy (non-hydrogen) atoms. The van der Waals surface area contributed by atoms with Crippen LogP contribution in [0.4, 0.5) is 5.69 Å². The smallest absolute Gasteiger partial charge is 0.257 e. The molecule has 0 bridgehead atoms. The van der Waals surface area contributed by atoms with E-state index in [0.29, 0.717) is 29.5 Å². The number of fused-ring (bicyclic) bond motifs is 1. The highest BCUT2D eigenvalue weighted by atomic mass is 32.1. The van der Waals surface area contributed by atoms with E-state index >= 15 is 0 Å². The van der Waals surface area contributed by atoms with Gasteiger partial charge in [0.1, 0.15) is 17.9 Å². The maximum atomic E-state index is 12.8. The fourth-order valence-electron chi connectivity index (χ4n) is 3.85. The largest absolute Gasteiger partial charge is 0.489 e. The monoisotopic (exact) mass is 507 g/mol. The summed E-state index contributed by atoms with van der Waals surface area (Å²) < 4.78 is 11.8. The van der Waals surface area contributed by atoms with Gasteiger partial charge in [-0.1, -0.05) is 55.5 Å². The number of benzene rings is 4. The standard InChI is InChI=1S/C30H25N3O3S/c1-2-20-14-15-27-26(16-20)32-29(36-27)23-11-6-12-24(17-23)31-30(37)33-28(34)22-10-7-13-25(18-22)35-19-21-8-4-3-5-9-21/h3-18H,2,19H2,1H3,(H2,31,33,34,37). The molecule has 0 fully saturated rings. The van der Waals surface area contributed by atoms with Gasteiger partial charge in [-0.05, 0) is 78.3 Å². The van der Waals surface area contributed by atoms with Crippen molar-refractivity contribution >= 4 is 40.0 Å². The van der Waals surface area contributed by atoms with Crippen LogP contribution < -0.4 is 15.4 Å². The summed E-state index contributed by atoms with van der Waals surface area (Å²) in [6.45, 7) is 2.53. The number of amides is 1. The van der Waals surface area contributed by atoms with E-state index in [4.69, 9.17) is 21.4 Å². The Morgan fingerprint density at radius 3 is 2.59 bits per heavy atom. The lowest BCUT2D eigenvalue weighted by molar-refractivity contribution is 0.0977. The Morgan fingerprint density at radius 2 is 1.76 bits per heavy atom. The Bertz CT molecular complexity index is 1560. The van der Waals surface area contributed by atoms with Crippen LogP contribution in [0.25, 0.3) is 22.6 Å². The van der Waals surface area contributed by atoms with Crippen LogP contribution in [0.3, 0.4) is 0 Å². The summed E-state index contributed by atoms with van der Waals surface area (Å²) >= 11 is 5.39. The number of ether oxygens (including phenoxy) is 1. The lowest BCUT2D eigenvalue weighted by Crippen LogP contribution is -2.34. The van der Waals surface area contributed by atoms with E-state index in [1.165, 1.54) is 5.56 Å². The summed E-state index contributed by atoms with van der Waals surface area (Å²) in [7, 11) is 0. The molecule has 4 aromatic carbocycles. The molecule has 5 aromatic rings. The van der Waals surface area contributed by atoms with Crippen molar-refractivity contribution in [1.82, 2.24) is 10.3 Å². The number of carbonyl (C=O) groups excluding carboxylic acids is 1. The molecule has 0 spiro atoms. The van der Waals surface area contributed by atoms with E-state index in [1.54, 1.807) is 18.2 Å². The zero-order valence-electron chi connectivity index (χ0n) is 20.2. The highest BCUT2D eigenvalue weighted by Crippen LogP contribution is 2.27. The van der Waals surface area contributed by atoms with Gasteiger partial charge >= 0.3 is 0 Å². The summed E-state index contributed by atoms with van der Waals surface area (Å²) in [4.78, 5) is 17.4. The fourth-order valence-corrected chi connectivity index (χ4v) is 4.06. The Hall–Kier alpha value is -4.49. The molecule has 1 heterocycles. The SMILES string of the molecule is CCc1ccc2oc(-c3cccc(NC(=S)NC(=O)c4cccc(OCc5ccccc5)c4)c3)nc2c1. The minimum Gasteiger partial charge on any atom is -0.489 e. The molecule has 0 unspecified atom stereocenters. The number of aromatic nitrogens is 1. The summed E-state index contributed by atoms with van der Waals surface area (Å²) in [5, 5.41) is 5.97. The minimum atomic E-state index is -0.329. The van der Waals surface area contributed by atoms with Gasteiger partial charge in [0.15, 0.2) is 10.7 Å². The van der Waals surface area contributed by atoms with Gasteiger partial charge in [-0.15, -0.1) is 0 Å². The molecule has 1 aromatic heterocycles. The first kappa shape index (κ1) is 24.2. The zero-order chi connectivity index (χ0) is 25.6. The van der Waals surface area contributed by atoms with E-state index in [2.05, 4.69) is 22.5 Å². The van der Waals surface area contributed by atoms with Crippen molar-refractivity contribution in [2.45, 2.75) is 20.0 Å².